The maximum Gasteiger partial charge on any atom is 0.123 e. The van der Waals surface area contributed by atoms with Crippen molar-refractivity contribution < 1.29 is 4.39 Å². The molecule has 0 aromatic heterocycles. The summed E-state index contributed by atoms with van der Waals surface area (Å²) in [4.78, 5) is 2.33. The van der Waals surface area contributed by atoms with E-state index in [1.165, 1.54) is 6.07 Å². The summed E-state index contributed by atoms with van der Waals surface area (Å²) in [6.45, 7) is 7.61. The molecule has 1 aromatic rings. The minimum Gasteiger partial charge on any atom is -0.314 e. The van der Waals surface area contributed by atoms with Crippen LogP contribution < -0.4 is 5.32 Å². The van der Waals surface area contributed by atoms with Crippen LogP contribution in [0.25, 0.3) is 0 Å². The second-order valence-corrected chi connectivity index (χ2v) is 4.90. The van der Waals surface area contributed by atoms with Crippen molar-refractivity contribution in [3.8, 4) is 0 Å². The van der Waals surface area contributed by atoms with E-state index in [1.807, 2.05) is 6.08 Å². The van der Waals surface area contributed by atoms with E-state index in [2.05, 4.69) is 16.8 Å². The number of hydrogen-bond donors (Lipinski definition) is 1. The highest BCUT2D eigenvalue weighted by Gasteiger charge is 2.23. The molecule has 1 aromatic carbocycles. The van der Waals surface area contributed by atoms with Gasteiger partial charge in [0.2, 0.25) is 0 Å². The molecule has 1 aliphatic heterocycles. The molecule has 2 nitrogen and oxygen atoms in total. The van der Waals surface area contributed by atoms with Crippen molar-refractivity contribution in [3.05, 3.63) is 47.3 Å². The van der Waals surface area contributed by atoms with E-state index in [-0.39, 0.29) is 36.7 Å². The Balaban J connectivity index is 0.00000180. The molecule has 1 saturated heterocycles. The number of nitrogens with zero attached hydrogens (tertiary/aromatic N) is 1. The summed E-state index contributed by atoms with van der Waals surface area (Å²) >= 11 is 6.20. The molecular formula is C14H20Cl3FN2. The SMILES string of the molecule is C=CC[C@@H](c1cc(F)ccc1Cl)N1CCNCC1.Cl.Cl. The van der Waals surface area contributed by atoms with Crippen LogP contribution in [-0.2, 0) is 0 Å². The van der Waals surface area contributed by atoms with Crippen molar-refractivity contribution >= 4 is 36.4 Å². The molecular weight excluding hydrogens is 322 g/mol. The monoisotopic (exact) mass is 340 g/mol. The van der Waals surface area contributed by atoms with Crippen LogP contribution in [0.5, 0.6) is 0 Å². The molecule has 0 aliphatic carbocycles. The van der Waals surface area contributed by atoms with Crippen molar-refractivity contribution in [1.82, 2.24) is 10.2 Å². The Bertz CT molecular complexity index is 423. The van der Waals surface area contributed by atoms with Crippen LogP contribution >= 0.6 is 36.4 Å². The van der Waals surface area contributed by atoms with Crippen LogP contribution in [0.2, 0.25) is 5.02 Å². The van der Waals surface area contributed by atoms with Crippen molar-refractivity contribution in [1.29, 1.82) is 0 Å². The minimum absolute atomic E-state index is 0. The largest absolute Gasteiger partial charge is 0.314 e. The number of rotatable bonds is 4. The first-order valence-corrected chi connectivity index (χ1v) is 6.61. The first-order chi connectivity index (χ1) is 8.72. The fourth-order valence-corrected chi connectivity index (χ4v) is 2.64. The summed E-state index contributed by atoms with van der Waals surface area (Å²) in [6.07, 6.45) is 2.65. The molecule has 1 atom stereocenters. The Morgan fingerprint density at radius 3 is 2.60 bits per heavy atom. The molecule has 0 bridgehead atoms. The van der Waals surface area contributed by atoms with E-state index < -0.39 is 0 Å². The van der Waals surface area contributed by atoms with Gasteiger partial charge in [-0.05, 0) is 30.2 Å². The van der Waals surface area contributed by atoms with Gasteiger partial charge in [0.1, 0.15) is 5.82 Å². The Morgan fingerprint density at radius 1 is 1.35 bits per heavy atom. The standard InChI is InChI=1S/C14H18ClFN2.2ClH/c1-2-3-14(18-8-6-17-7-9-18)12-10-11(16)4-5-13(12)15;;/h2,4-5,10,14,17H,1,3,6-9H2;2*1H/t14-;;/m0../s1. The second kappa shape index (κ2) is 9.59. The highest BCUT2D eigenvalue weighted by Crippen LogP contribution is 2.31. The third kappa shape index (κ3) is 4.90. The number of piperazine rings is 1. The Kier molecular flexibility index (Phi) is 9.43. The van der Waals surface area contributed by atoms with E-state index in [1.54, 1.807) is 12.1 Å². The zero-order valence-electron chi connectivity index (χ0n) is 11.1. The maximum atomic E-state index is 13.4. The first-order valence-electron chi connectivity index (χ1n) is 6.23. The van der Waals surface area contributed by atoms with Crippen molar-refractivity contribution in [2.24, 2.45) is 0 Å². The summed E-state index contributed by atoms with van der Waals surface area (Å²) in [5.74, 6) is -0.237. The quantitative estimate of drug-likeness (QED) is 0.837. The third-order valence-corrected chi connectivity index (χ3v) is 3.64. The van der Waals surface area contributed by atoms with Crippen LogP contribution in [0.4, 0.5) is 4.39 Å². The molecule has 2 rings (SSSR count). The van der Waals surface area contributed by atoms with Gasteiger partial charge < -0.3 is 5.32 Å². The number of halogens is 4. The molecule has 6 heteroatoms. The first kappa shape index (κ1) is 19.7. The molecule has 1 aliphatic rings. The summed E-state index contributed by atoms with van der Waals surface area (Å²) in [5.41, 5.74) is 0.860. The predicted molar refractivity (Wildman–Crippen MR) is 87.9 cm³/mol. The van der Waals surface area contributed by atoms with E-state index in [0.717, 1.165) is 38.2 Å². The van der Waals surface area contributed by atoms with Gasteiger partial charge in [0.15, 0.2) is 0 Å². The average molecular weight is 342 g/mol. The second-order valence-electron chi connectivity index (χ2n) is 4.49. The van der Waals surface area contributed by atoms with Crippen LogP contribution in [0.1, 0.15) is 18.0 Å². The highest BCUT2D eigenvalue weighted by molar-refractivity contribution is 6.31. The van der Waals surface area contributed by atoms with Crippen LogP contribution in [-0.4, -0.2) is 31.1 Å². The van der Waals surface area contributed by atoms with Gasteiger partial charge in [-0.3, -0.25) is 4.90 Å². The summed E-state index contributed by atoms with van der Waals surface area (Å²) in [5, 5.41) is 3.94. The molecule has 0 unspecified atom stereocenters. The number of nitrogens with one attached hydrogen (secondary N) is 1. The normalized spacial score (nSPS) is 16.7. The fourth-order valence-electron chi connectivity index (χ4n) is 2.39. The molecule has 1 N–H and O–H groups in total. The number of benzene rings is 1. The summed E-state index contributed by atoms with van der Waals surface area (Å²) < 4.78 is 13.4. The van der Waals surface area contributed by atoms with Gasteiger partial charge in [0, 0.05) is 37.2 Å². The zero-order valence-corrected chi connectivity index (χ0v) is 13.5. The molecule has 114 valence electrons. The minimum atomic E-state index is -0.237. The Labute approximate surface area is 137 Å². The fraction of sp³-hybridized carbons (Fsp3) is 0.429. The molecule has 20 heavy (non-hydrogen) atoms. The molecule has 0 spiro atoms. The van der Waals surface area contributed by atoms with Gasteiger partial charge in [0.25, 0.3) is 0 Å². The van der Waals surface area contributed by atoms with Gasteiger partial charge in [-0.2, -0.15) is 0 Å². The zero-order chi connectivity index (χ0) is 13.0. The predicted octanol–water partition coefficient (Wildman–Crippen LogP) is 3.85. The number of hydrogen-bond acceptors (Lipinski definition) is 2. The Hall–Kier alpha value is -0.320. The average Bonchev–Trinajstić information content (AvgIpc) is 2.40. The van der Waals surface area contributed by atoms with E-state index in [0.29, 0.717) is 5.02 Å². The molecule has 1 fully saturated rings. The lowest BCUT2D eigenvalue weighted by Crippen LogP contribution is -2.45. The van der Waals surface area contributed by atoms with Gasteiger partial charge in [-0.15, -0.1) is 31.4 Å². The lowest BCUT2D eigenvalue weighted by molar-refractivity contribution is 0.174. The molecule has 0 saturated carbocycles. The summed E-state index contributed by atoms with van der Waals surface area (Å²) in [7, 11) is 0. The molecule has 0 radical (unpaired) electrons. The Morgan fingerprint density at radius 2 is 2.00 bits per heavy atom. The lowest BCUT2D eigenvalue weighted by atomic mass is 10.0. The third-order valence-electron chi connectivity index (χ3n) is 3.30. The molecule has 1 heterocycles. The topological polar surface area (TPSA) is 15.3 Å². The van der Waals surface area contributed by atoms with Crippen molar-refractivity contribution in [2.75, 3.05) is 26.2 Å². The van der Waals surface area contributed by atoms with E-state index in [9.17, 15) is 4.39 Å². The van der Waals surface area contributed by atoms with Crippen molar-refractivity contribution in [2.45, 2.75) is 12.5 Å². The van der Waals surface area contributed by atoms with Crippen LogP contribution in [0.15, 0.2) is 30.9 Å². The van der Waals surface area contributed by atoms with Crippen molar-refractivity contribution in [3.63, 3.8) is 0 Å². The highest BCUT2D eigenvalue weighted by atomic mass is 35.5. The smallest absolute Gasteiger partial charge is 0.123 e. The molecule has 0 amide bonds. The van der Waals surface area contributed by atoms with Crippen LogP contribution in [0, 0.1) is 5.82 Å². The van der Waals surface area contributed by atoms with Gasteiger partial charge in [-0.25, -0.2) is 4.39 Å². The van der Waals surface area contributed by atoms with Gasteiger partial charge >= 0.3 is 0 Å². The van der Waals surface area contributed by atoms with Gasteiger partial charge in [-0.1, -0.05) is 17.7 Å². The summed E-state index contributed by atoms with van der Waals surface area (Å²) in [6, 6.07) is 4.69. The van der Waals surface area contributed by atoms with Gasteiger partial charge in [0.05, 0.1) is 0 Å². The van der Waals surface area contributed by atoms with E-state index >= 15 is 0 Å². The van der Waals surface area contributed by atoms with E-state index in [4.69, 9.17) is 11.6 Å². The lowest BCUT2D eigenvalue weighted by Gasteiger charge is -2.35. The maximum absolute atomic E-state index is 13.4. The van der Waals surface area contributed by atoms with Crippen LogP contribution in [0.3, 0.4) is 0 Å².